The zero-order valence-electron chi connectivity index (χ0n) is 11.3. The number of halogens is 1. The molecule has 0 radical (unpaired) electrons. The number of rotatable bonds is 4. The molecule has 0 saturated carbocycles. The number of likely N-dealkylation sites (tertiary alicyclic amines) is 1. The molecule has 1 aliphatic rings. The van der Waals surface area contributed by atoms with E-state index >= 15 is 0 Å². The number of carbonyl (C=O) groups excluding carboxylic acids is 1. The predicted molar refractivity (Wildman–Crippen MR) is 74.4 cm³/mol. The van der Waals surface area contributed by atoms with Gasteiger partial charge >= 0.3 is 0 Å². The van der Waals surface area contributed by atoms with E-state index in [1.807, 2.05) is 0 Å². The lowest BCUT2D eigenvalue weighted by Gasteiger charge is -2.31. The summed E-state index contributed by atoms with van der Waals surface area (Å²) < 4.78 is 13.1. The molecule has 1 atom stereocenters. The lowest BCUT2D eigenvalue weighted by atomic mass is 9.97. The van der Waals surface area contributed by atoms with Gasteiger partial charge in [-0.2, -0.15) is 5.26 Å². The number of nitrogens with zero attached hydrogens (tertiary/aromatic N) is 2. The van der Waals surface area contributed by atoms with Gasteiger partial charge in [-0.1, -0.05) is 6.07 Å². The van der Waals surface area contributed by atoms with Crippen LogP contribution in [0.15, 0.2) is 24.3 Å². The molecule has 1 saturated heterocycles. The topological polar surface area (TPSA) is 56.1 Å². The second-order valence-corrected chi connectivity index (χ2v) is 5.05. The van der Waals surface area contributed by atoms with Crippen LogP contribution in [0.1, 0.15) is 19.3 Å². The maximum absolute atomic E-state index is 13.1. The average Bonchev–Trinajstić information content (AvgIpc) is 2.45. The van der Waals surface area contributed by atoms with Crippen LogP contribution >= 0.6 is 0 Å². The zero-order valence-corrected chi connectivity index (χ0v) is 11.3. The molecule has 106 valence electrons. The maximum Gasteiger partial charge on any atom is 0.228 e. The molecule has 1 aliphatic heterocycles. The van der Waals surface area contributed by atoms with Crippen molar-refractivity contribution in [3.05, 3.63) is 30.1 Å². The van der Waals surface area contributed by atoms with E-state index in [-0.39, 0.29) is 17.6 Å². The standard InChI is InChI=1S/C15H18FN3O/c16-13-5-1-6-14(10-13)18-15(20)12-4-2-8-19(11-12)9-3-7-17/h1,5-6,10,12H,2-4,8-9,11H2,(H,18,20). The Morgan fingerprint density at radius 1 is 1.55 bits per heavy atom. The number of hydrogen-bond acceptors (Lipinski definition) is 3. The molecule has 1 heterocycles. The third-order valence-corrected chi connectivity index (χ3v) is 3.51. The molecule has 20 heavy (non-hydrogen) atoms. The fraction of sp³-hybridized carbons (Fsp3) is 0.467. The lowest BCUT2D eigenvalue weighted by Crippen LogP contribution is -2.41. The number of nitrogens with one attached hydrogen (secondary N) is 1. The van der Waals surface area contributed by atoms with Crippen molar-refractivity contribution in [2.24, 2.45) is 5.92 Å². The number of benzene rings is 1. The molecule has 0 aromatic heterocycles. The molecule has 1 N–H and O–H groups in total. The summed E-state index contributed by atoms with van der Waals surface area (Å²) in [4.78, 5) is 14.3. The molecule has 5 heteroatoms. The van der Waals surface area contributed by atoms with E-state index in [0.29, 0.717) is 25.2 Å². The monoisotopic (exact) mass is 275 g/mol. The quantitative estimate of drug-likeness (QED) is 0.918. The van der Waals surface area contributed by atoms with Gasteiger partial charge < -0.3 is 10.2 Å². The molecular formula is C15H18FN3O. The highest BCUT2D eigenvalue weighted by molar-refractivity contribution is 5.92. The molecule has 0 spiro atoms. The van der Waals surface area contributed by atoms with Crippen molar-refractivity contribution in [1.82, 2.24) is 4.90 Å². The minimum Gasteiger partial charge on any atom is -0.326 e. The number of hydrogen-bond donors (Lipinski definition) is 1. The predicted octanol–water partition coefficient (Wildman–Crippen LogP) is 2.39. The second-order valence-electron chi connectivity index (χ2n) is 5.05. The van der Waals surface area contributed by atoms with Gasteiger partial charge in [0.25, 0.3) is 0 Å². The van der Waals surface area contributed by atoms with Crippen LogP contribution in [0.4, 0.5) is 10.1 Å². The van der Waals surface area contributed by atoms with Gasteiger partial charge in [0.05, 0.1) is 12.0 Å². The minimum absolute atomic E-state index is 0.0720. The zero-order chi connectivity index (χ0) is 14.4. The van der Waals surface area contributed by atoms with E-state index in [1.54, 1.807) is 12.1 Å². The van der Waals surface area contributed by atoms with E-state index in [4.69, 9.17) is 5.26 Å². The number of amides is 1. The van der Waals surface area contributed by atoms with Gasteiger partial charge in [0, 0.05) is 25.2 Å². The van der Waals surface area contributed by atoms with Crippen LogP contribution in [0.5, 0.6) is 0 Å². The first-order valence-corrected chi connectivity index (χ1v) is 6.85. The van der Waals surface area contributed by atoms with Crippen LogP contribution < -0.4 is 5.32 Å². The van der Waals surface area contributed by atoms with Crippen molar-refractivity contribution >= 4 is 11.6 Å². The molecular weight excluding hydrogens is 257 g/mol. The molecule has 1 aromatic carbocycles. The van der Waals surface area contributed by atoms with Gasteiger partial charge in [-0.25, -0.2) is 4.39 Å². The Balaban J connectivity index is 1.90. The summed E-state index contributed by atoms with van der Waals surface area (Å²) in [5, 5.41) is 11.4. The fourth-order valence-corrected chi connectivity index (χ4v) is 2.49. The van der Waals surface area contributed by atoms with E-state index in [9.17, 15) is 9.18 Å². The van der Waals surface area contributed by atoms with Crippen molar-refractivity contribution in [3.63, 3.8) is 0 Å². The number of piperidine rings is 1. The number of nitriles is 1. The van der Waals surface area contributed by atoms with Crippen LogP contribution in [0, 0.1) is 23.1 Å². The van der Waals surface area contributed by atoms with Gasteiger partial charge in [0.15, 0.2) is 0 Å². The summed E-state index contributed by atoms with van der Waals surface area (Å²) in [5.41, 5.74) is 0.490. The van der Waals surface area contributed by atoms with Crippen molar-refractivity contribution in [3.8, 4) is 6.07 Å². The summed E-state index contributed by atoms with van der Waals surface area (Å²) in [6.45, 7) is 2.31. The Hall–Kier alpha value is -1.93. The third-order valence-electron chi connectivity index (χ3n) is 3.51. The molecule has 1 fully saturated rings. The Kier molecular flexibility index (Phi) is 5.08. The van der Waals surface area contributed by atoms with Crippen LogP contribution in [0.3, 0.4) is 0 Å². The normalized spacial score (nSPS) is 19.3. The Bertz CT molecular complexity index is 512. The Morgan fingerprint density at radius 3 is 3.15 bits per heavy atom. The first-order valence-electron chi connectivity index (χ1n) is 6.85. The van der Waals surface area contributed by atoms with Gasteiger partial charge in [0.1, 0.15) is 5.82 Å². The molecule has 1 unspecified atom stereocenters. The molecule has 0 aliphatic carbocycles. The first-order chi connectivity index (χ1) is 9.69. The maximum atomic E-state index is 13.1. The third kappa shape index (κ3) is 4.04. The largest absolute Gasteiger partial charge is 0.326 e. The number of anilines is 1. The van der Waals surface area contributed by atoms with E-state index in [1.165, 1.54) is 12.1 Å². The second kappa shape index (κ2) is 7.01. The van der Waals surface area contributed by atoms with Crippen molar-refractivity contribution in [1.29, 1.82) is 5.26 Å². The Labute approximate surface area is 118 Å². The van der Waals surface area contributed by atoms with Gasteiger partial charge in [0.2, 0.25) is 5.91 Å². The van der Waals surface area contributed by atoms with Gasteiger partial charge in [-0.05, 0) is 37.6 Å². The summed E-state index contributed by atoms with van der Waals surface area (Å²) in [6.07, 6.45) is 2.27. The lowest BCUT2D eigenvalue weighted by molar-refractivity contribution is -0.121. The summed E-state index contributed by atoms with van der Waals surface area (Å²) in [7, 11) is 0. The molecule has 0 bridgehead atoms. The van der Waals surface area contributed by atoms with Crippen molar-refractivity contribution in [2.45, 2.75) is 19.3 Å². The summed E-state index contributed by atoms with van der Waals surface area (Å²) in [6, 6.07) is 8.03. The van der Waals surface area contributed by atoms with Gasteiger partial charge in [-0.15, -0.1) is 0 Å². The smallest absolute Gasteiger partial charge is 0.228 e. The first kappa shape index (κ1) is 14.5. The fourth-order valence-electron chi connectivity index (χ4n) is 2.49. The van der Waals surface area contributed by atoms with Crippen LogP contribution in [0.2, 0.25) is 0 Å². The van der Waals surface area contributed by atoms with Crippen molar-refractivity contribution < 1.29 is 9.18 Å². The highest BCUT2D eigenvalue weighted by atomic mass is 19.1. The molecule has 1 aromatic rings. The van der Waals surface area contributed by atoms with Crippen LogP contribution in [-0.4, -0.2) is 30.4 Å². The SMILES string of the molecule is N#CCCN1CCCC(C(=O)Nc2cccc(F)c2)C1. The average molecular weight is 275 g/mol. The summed E-state index contributed by atoms with van der Waals surface area (Å²) >= 11 is 0. The number of carbonyl (C=O) groups is 1. The molecule has 2 rings (SSSR count). The van der Waals surface area contributed by atoms with Gasteiger partial charge in [-0.3, -0.25) is 4.79 Å². The van der Waals surface area contributed by atoms with E-state index < -0.39 is 0 Å². The van der Waals surface area contributed by atoms with Crippen LogP contribution in [-0.2, 0) is 4.79 Å². The highest BCUT2D eigenvalue weighted by Crippen LogP contribution is 2.19. The molecule has 4 nitrogen and oxygen atoms in total. The van der Waals surface area contributed by atoms with E-state index in [2.05, 4.69) is 16.3 Å². The van der Waals surface area contributed by atoms with Crippen molar-refractivity contribution in [2.75, 3.05) is 25.0 Å². The Morgan fingerprint density at radius 2 is 2.40 bits per heavy atom. The summed E-state index contributed by atoms with van der Waals surface area (Å²) in [5.74, 6) is -0.523. The molecule has 1 amide bonds. The van der Waals surface area contributed by atoms with E-state index in [0.717, 1.165) is 19.4 Å². The highest BCUT2D eigenvalue weighted by Gasteiger charge is 2.25. The minimum atomic E-state index is -0.359. The van der Waals surface area contributed by atoms with Crippen LogP contribution in [0.25, 0.3) is 0 Å².